The summed E-state index contributed by atoms with van der Waals surface area (Å²) in [6, 6.07) is 10.0. The first-order valence-corrected chi connectivity index (χ1v) is 6.82. The molecule has 3 nitrogen and oxygen atoms in total. The second-order valence-corrected chi connectivity index (χ2v) is 6.24. The molecule has 0 bridgehead atoms. The average molecular weight is 263 g/mol. The molecule has 0 spiro atoms. The molecule has 1 N–H and O–H groups in total. The number of benzene rings is 1. The number of amides is 1. The quantitative estimate of drug-likeness (QED) is 0.879. The summed E-state index contributed by atoms with van der Waals surface area (Å²) in [5, 5.41) is 2.96. The monoisotopic (exact) mass is 263 g/mol. The standard InChI is InChI=1S/C16H25NO2/c1-12(2)11-14(13-9-7-6-8-10-13)17-15(18)19-16(3,4)5/h6-10,12,14H,11H2,1-5H3,(H,17,18)/t14-/m0/s1. The van der Waals surface area contributed by atoms with Gasteiger partial charge in [-0.15, -0.1) is 0 Å². The number of hydrogen-bond donors (Lipinski definition) is 1. The predicted octanol–water partition coefficient (Wildman–Crippen LogP) is 4.30. The van der Waals surface area contributed by atoms with Crippen LogP contribution in [0, 0.1) is 5.92 Å². The Morgan fingerprint density at radius 2 is 1.79 bits per heavy atom. The van der Waals surface area contributed by atoms with Gasteiger partial charge in [0.2, 0.25) is 0 Å². The molecule has 0 aromatic heterocycles. The van der Waals surface area contributed by atoms with Crippen LogP contribution in [-0.2, 0) is 4.74 Å². The Hall–Kier alpha value is -1.51. The lowest BCUT2D eigenvalue weighted by atomic mass is 9.97. The van der Waals surface area contributed by atoms with Crippen LogP contribution in [0.4, 0.5) is 4.79 Å². The van der Waals surface area contributed by atoms with Crippen LogP contribution < -0.4 is 5.32 Å². The van der Waals surface area contributed by atoms with Crippen LogP contribution in [0.3, 0.4) is 0 Å². The zero-order valence-corrected chi connectivity index (χ0v) is 12.6. The lowest BCUT2D eigenvalue weighted by Crippen LogP contribution is -2.35. The third-order valence-corrected chi connectivity index (χ3v) is 2.60. The molecule has 0 radical (unpaired) electrons. The largest absolute Gasteiger partial charge is 0.444 e. The van der Waals surface area contributed by atoms with Crippen LogP contribution in [0.2, 0.25) is 0 Å². The molecule has 0 heterocycles. The second-order valence-electron chi connectivity index (χ2n) is 6.24. The van der Waals surface area contributed by atoms with E-state index in [1.54, 1.807) is 0 Å². The summed E-state index contributed by atoms with van der Waals surface area (Å²) >= 11 is 0. The van der Waals surface area contributed by atoms with Gasteiger partial charge in [0.1, 0.15) is 5.60 Å². The van der Waals surface area contributed by atoms with Crippen LogP contribution >= 0.6 is 0 Å². The zero-order valence-electron chi connectivity index (χ0n) is 12.6. The van der Waals surface area contributed by atoms with Gasteiger partial charge in [0, 0.05) is 0 Å². The molecule has 1 amide bonds. The highest BCUT2D eigenvalue weighted by Crippen LogP contribution is 2.21. The molecule has 0 fully saturated rings. The van der Waals surface area contributed by atoms with Crippen molar-refractivity contribution in [1.29, 1.82) is 0 Å². The van der Waals surface area contributed by atoms with E-state index in [1.807, 2.05) is 51.1 Å². The number of hydrogen-bond acceptors (Lipinski definition) is 2. The Labute approximate surface area is 116 Å². The second kappa shape index (κ2) is 6.60. The molecule has 106 valence electrons. The third kappa shape index (κ3) is 6.27. The molecule has 1 aromatic rings. The minimum atomic E-state index is -0.469. The average Bonchev–Trinajstić information content (AvgIpc) is 2.26. The van der Waals surface area contributed by atoms with E-state index in [4.69, 9.17) is 4.74 Å². The highest BCUT2D eigenvalue weighted by Gasteiger charge is 2.21. The topological polar surface area (TPSA) is 38.3 Å². The Kier molecular flexibility index (Phi) is 5.40. The molecular weight excluding hydrogens is 238 g/mol. The maximum atomic E-state index is 11.9. The van der Waals surface area contributed by atoms with E-state index in [0.29, 0.717) is 5.92 Å². The van der Waals surface area contributed by atoms with Crippen molar-refractivity contribution in [2.45, 2.75) is 52.7 Å². The van der Waals surface area contributed by atoms with E-state index in [9.17, 15) is 4.79 Å². The molecule has 1 atom stereocenters. The molecule has 0 unspecified atom stereocenters. The van der Waals surface area contributed by atoms with Crippen molar-refractivity contribution in [2.75, 3.05) is 0 Å². The minimum Gasteiger partial charge on any atom is -0.444 e. The van der Waals surface area contributed by atoms with Gasteiger partial charge in [0.05, 0.1) is 6.04 Å². The summed E-state index contributed by atoms with van der Waals surface area (Å²) in [7, 11) is 0. The van der Waals surface area contributed by atoms with Crippen molar-refractivity contribution in [3.63, 3.8) is 0 Å². The Bertz CT molecular complexity index is 393. The lowest BCUT2D eigenvalue weighted by molar-refractivity contribution is 0.0498. The summed E-state index contributed by atoms with van der Waals surface area (Å²) in [6.07, 6.45) is 0.533. The zero-order chi connectivity index (χ0) is 14.5. The minimum absolute atomic E-state index is 0.00366. The maximum absolute atomic E-state index is 11.9. The van der Waals surface area contributed by atoms with Crippen molar-refractivity contribution in [2.24, 2.45) is 5.92 Å². The van der Waals surface area contributed by atoms with Crippen molar-refractivity contribution in [3.8, 4) is 0 Å². The summed E-state index contributed by atoms with van der Waals surface area (Å²) in [6.45, 7) is 9.89. The van der Waals surface area contributed by atoms with Gasteiger partial charge in [0.15, 0.2) is 0 Å². The summed E-state index contributed by atoms with van der Waals surface area (Å²) in [4.78, 5) is 11.9. The van der Waals surface area contributed by atoms with Gasteiger partial charge in [-0.3, -0.25) is 0 Å². The Morgan fingerprint density at radius 1 is 1.21 bits per heavy atom. The van der Waals surface area contributed by atoms with Crippen LogP contribution in [0.15, 0.2) is 30.3 Å². The number of alkyl carbamates (subject to hydrolysis) is 1. The first-order chi connectivity index (χ1) is 8.78. The molecule has 0 aliphatic rings. The molecule has 1 aromatic carbocycles. The van der Waals surface area contributed by atoms with Crippen molar-refractivity contribution in [3.05, 3.63) is 35.9 Å². The fourth-order valence-electron chi connectivity index (χ4n) is 1.88. The maximum Gasteiger partial charge on any atom is 0.408 e. The third-order valence-electron chi connectivity index (χ3n) is 2.60. The fraction of sp³-hybridized carbons (Fsp3) is 0.562. The smallest absolute Gasteiger partial charge is 0.408 e. The van der Waals surface area contributed by atoms with Gasteiger partial charge in [-0.25, -0.2) is 4.79 Å². The first-order valence-electron chi connectivity index (χ1n) is 6.82. The Morgan fingerprint density at radius 3 is 2.26 bits per heavy atom. The van der Waals surface area contributed by atoms with E-state index >= 15 is 0 Å². The van der Waals surface area contributed by atoms with Crippen LogP contribution in [0.5, 0.6) is 0 Å². The number of rotatable bonds is 4. The van der Waals surface area contributed by atoms with Gasteiger partial charge in [-0.05, 0) is 38.7 Å². The molecule has 0 aliphatic carbocycles. The van der Waals surface area contributed by atoms with Gasteiger partial charge in [0.25, 0.3) is 0 Å². The van der Waals surface area contributed by atoms with Crippen molar-refractivity contribution in [1.82, 2.24) is 5.32 Å². The number of ether oxygens (including phenoxy) is 1. The van der Waals surface area contributed by atoms with E-state index < -0.39 is 5.60 Å². The van der Waals surface area contributed by atoms with Gasteiger partial charge < -0.3 is 10.1 Å². The summed E-state index contributed by atoms with van der Waals surface area (Å²) in [5.41, 5.74) is 0.644. The normalized spacial score (nSPS) is 13.2. The molecule has 0 saturated heterocycles. The first kappa shape index (κ1) is 15.5. The molecule has 0 aliphatic heterocycles. The molecular formula is C16H25NO2. The number of nitrogens with one attached hydrogen (secondary N) is 1. The molecule has 0 saturated carbocycles. The summed E-state index contributed by atoms with van der Waals surface area (Å²) < 4.78 is 5.32. The predicted molar refractivity (Wildman–Crippen MR) is 78.0 cm³/mol. The number of carbonyl (C=O) groups is 1. The molecule has 3 heteroatoms. The van der Waals surface area contributed by atoms with E-state index in [1.165, 1.54) is 0 Å². The van der Waals surface area contributed by atoms with Crippen LogP contribution in [-0.4, -0.2) is 11.7 Å². The van der Waals surface area contributed by atoms with Crippen LogP contribution in [0.25, 0.3) is 0 Å². The fourth-order valence-corrected chi connectivity index (χ4v) is 1.88. The summed E-state index contributed by atoms with van der Waals surface area (Å²) in [5.74, 6) is 0.500. The van der Waals surface area contributed by atoms with Crippen LogP contribution in [0.1, 0.15) is 52.6 Å². The number of carbonyl (C=O) groups excluding carboxylic acids is 1. The van der Waals surface area contributed by atoms with Gasteiger partial charge in [-0.1, -0.05) is 44.2 Å². The molecule has 19 heavy (non-hydrogen) atoms. The SMILES string of the molecule is CC(C)C[C@H](NC(=O)OC(C)(C)C)c1ccccc1. The molecule has 1 rings (SSSR count). The lowest BCUT2D eigenvalue weighted by Gasteiger charge is -2.25. The van der Waals surface area contributed by atoms with Gasteiger partial charge in [-0.2, -0.15) is 0 Å². The van der Waals surface area contributed by atoms with E-state index in [2.05, 4.69) is 19.2 Å². The Balaban J connectivity index is 2.73. The highest BCUT2D eigenvalue weighted by atomic mass is 16.6. The van der Waals surface area contributed by atoms with E-state index in [-0.39, 0.29) is 12.1 Å². The van der Waals surface area contributed by atoms with Crippen molar-refractivity contribution >= 4 is 6.09 Å². The van der Waals surface area contributed by atoms with Gasteiger partial charge >= 0.3 is 6.09 Å². The highest BCUT2D eigenvalue weighted by molar-refractivity contribution is 5.68. The van der Waals surface area contributed by atoms with Crippen molar-refractivity contribution < 1.29 is 9.53 Å². The van der Waals surface area contributed by atoms with E-state index in [0.717, 1.165) is 12.0 Å².